The Bertz CT molecular complexity index is 773. The van der Waals surface area contributed by atoms with Crippen molar-refractivity contribution in [3.8, 4) is 5.75 Å². The van der Waals surface area contributed by atoms with Gasteiger partial charge in [-0.05, 0) is 45.0 Å². The Hall–Kier alpha value is -1.96. The summed E-state index contributed by atoms with van der Waals surface area (Å²) in [5.41, 5.74) is 1.28. The molecule has 0 spiro atoms. The molecule has 3 heterocycles. The number of rotatable bonds is 5. The summed E-state index contributed by atoms with van der Waals surface area (Å²) in [6.45, 7) is 8.35. The molecule has 0 saturated carbocycles. The fraction of sp³-hybridized carbons (Fsp3) is 0.600. The summed E-state index contributed by atoms with van der Waals surface area (Å²) in [5, 5.41) is 18.8. The van der Waals surface area contributed by atoms with Crippen LogP contribution in [0, 0.1) is 0 Å². The largest absolute Gasteiger partial charge is 0.491 e. The molecule has 1 saturated heterocycles. The normalized spacial score (nSPS) is 23.7. The van der Waals surface area contributed by atoms with Crippen LogP contribution in [0.25, 0.3) is 0 Å². The number of β-amino-alcohol motifs (C(OH)–C–C–N with tert-alkyl or cyclic N) is 1. The average Bonchev–Trinajstić information content (AvgIpc) is 3.18. The maximum Gasteiger partial charge on any atom is 0.150 e. The molecule has 0 amide bonds. The number of aromatic nitrogens is 3. The second kappa shape index (κ2) is 7.58. The highest BCUT2D eigenvalue weighted by Crippen LogP contribution is 2.31. The lowest BCUT2D eigenvalue weighted by molar-refractivity contribution is 0.182. The zero-order chi connectivity index (χ0) is 19.0. The van der Waals surface area contributed by atoms with Crippen LogP contribution in [-0.4, -0.2) is 62.0 Å². The smallest absolute Gasteiger partial charge is 0.150 e. The summed E-state index contributed by atoms with van der Waals surface area (Å²) in [4.78, 5) is 4.58. The van der Waals surface area contributed by atoms with Crippen LogP contribution >= 0.6 is 0 Å². The first-order valence-electron chi connectivity index (χ1n) is 9.78. The molecule has 2 aliphatic heterocycles. The Kier molecular flexibility index (Phi) is 5.16. The zero-order valence-electron chi connectivity index (χ0n) is 16.4. The van der Waals surface area contributed by atoms with Crippen molar-refractivity contribution in [2.45, 2.75) is 58.2 Å². The van der Waals surface area contributed by atoms with Crippen molar-refractivity contribution >= 4 is 0 Å². The standard InChI is InChI=1S/C20H29N5O2/c1-14(2)27-17-6-4-15(5-7-17)11-24-8-9-25-19(13-24)21-22-20(25)18-10-16(26)12-23(18)3/h4-7,14,16,18,26H,8-13H2,1-3H3/t16-,18+/m1/s1. The zero-order valence-corrected chi connectivity index (χ0v) is 16.4. The van der Waals surface area contributed by atoms with Gasteiger partial charge in [-0.15, -0.1) is 10.2 Å². The number of hydrogen-bond donors (Lipinski definition) is 1. The van der Waals surface area contributed by atoms with E-state index < -0.39 is 0 Å². The van der Waals surface area contributed by atoms with Crippen LogP contribution in [0.3, 0.4) is 0 Å². The molecule has 1 fully saturated rings. The van der Waals surface area contributed by atoms with Crippen LogP contribution in [0.2, 0.25) is 0 Å². The van der Waals surface area contributed by atoms with Crippen LogP contribution in [-0.2, 0) is 19.6 Å². The van der Waals surface area contributed by atoms with Gasteiger partial charge in [-0.1, -0.05) is 12.1 Å². The van der Waals surface area contributed by atoms with Gasteiger partial charge in [0.05, 0.1) is 24.8 Å². The van der Waals surface area contributed by atoms with Gasteiger partial charge in [0.2, 0.25) is 0 Å². The van der Waals surface area contributed by atoms with Crippen molar-refractivity contribution in [2.75, 3.05) is 20.1 Å². The van der Waals surface area contributed by atoms with Gasteiger partial charge in [0, 0.05) is 26.2 Å². The van der Waals surface area contributed by atoms with E-state index in [0.29, 0.717) is 6.54 Å². The van der Waals surface area contributed by atoms with E-state index in [0.717, 1.165) is 50.0 Å². The van der Waals surface area contributed by atoms with Gasteiger partial charge in [-0.3, -0.25) is 9.80 Å². The molecule has 2 atom stereocenters. The first-order valence-corrected chi connectivity index (χ1v) is 9.78. The van der Waals surface area contributed by atoms with Gasteiger partial charge in [-0.2, -0.15) is 0 Å². The van der Waals surface area contributed by atoms with Crippen molar-refractivity contribution in [1.82, 2.24) is 24.6 Å². The Balaban J connectivity index is 1.41. The summed E-state index contributed by atoms with van der Waals surface area (Å²) in [6, 6.07) is 8.53. The van der Waals surface area contributed by atoms with Gasteiger partial charge < -0.3 is 14.4 Å². The molecular formula is C20H29N5O2. The van der Waals surface area contributed by atoms with Gasteiger partial charge in [0.25, 0.3) is 0 Å². The summed E-state index contributed by atoms with van der Waals surface area (Å²) in [7, 11) is 2.05. The molecule has 1 aromatic heterocycles. The van der Waals surface area contributed by atoms with Crippen molar-refractivity contribution in [3.63, 3.8) is 0 Å². The van der Waals surface area contributed by atoms with Gasteiger partial charge in [0.15, 0.2) is 5.82 Å². The summed E-state index contributed by atoms with van der Waals surface area (Å²) in [6.07, 6.45) is 0.664. The summed E-state index contributed by atoms with van der Waals surface area (Å²) >= 11 is 0. The number of fused-ring (bicyclic) bond motifs is 1. The third kappa shape index (κ3) is 4.00. The van der Waals surface area contributed by atoms with Crippen molar-refractivity contribution in [1.29, 1.82) is 0 Å². The van der Waals surface area contributed by atoms with E-state index in [-0.39, 0.29) is 18.2 Å². The highest BCUT2D eigenvalue weighted by Gasteiger charge is 2.34. The van der Waals surface area contributed by atoms with Crippen LogP contribution in [0.5, 0.6) is 5.75 Å². The predicted molar refractivity (Wildman–Crippen MR) is 102 cm³/mol. The first-order chi connectivity index (χ1) is 13.0. The maximum atomic E-state index is 9.93. The van der Waals surface area contributed by atoms with Crippen molar-refractivity contribution in [3.05, 3.63) is 41.5 Å². The third-order valence-corrected chi connectivity index (χ3v) is 5.39. The van der Waals surface area contributed by atoms with E-state index in [1.54, 1.807) is 0 Å². The number of likely N-dealkylation sites (tertiary alicyclic amines) is 1. The van der Waals surface area contributed by atoms with E-state index in [4.69, 9.17) is 4.74 Å². The molecule has 7 heteroatoms. The molecule has 1 aromatic carbocycles. The first kappa shape index (κ1) is 18.4. The van der Waals surface area contributed by atoms with Crippen molar-refractivity contribution in [2.24, 2.45) is 0 Å². The predicted octanol–water partition coefficient (Wildman–Crippen LogP) is 1.82. The van der Waals surface area contributed by atoms with E-state index in [1.165, 1.54) is 5.56 Å². The lowest BCUT2D eigenvalue weighted by atomic mass is 10.1. The van der Waals surface area contributed by atoms with Gasteiger partial charge in [-0.25, -0.2) is 0 Å². The van der Waals surface area contributed by atoms with E-state index >= 15 is 0 Å². The second-order valence-corrected chi connectivity index (χ2v) is 7.99. The highest BCUT2D eigenvalue weighted by molar-refractivity contribution is 5.27. The minimum absolute atomic E-state index is 0.168. The molecule has 0 radical (unpaired) electrons. The maximum absolute atomic E-state index is 9.93. The van der Waals surface area contributed by atoms with Crippen molar-refractivity contribution < 1.29 is 9.84 Å². The SMILES string of the molecule is CC(C)Oc1ccc(CN2CCn3c(nnc3[C@@H]3C[C@@H](O)CN3C)C2)cc1. The molecule has 0 bridgehead atoms. The minimum Gasteiger partial charge on any atom is -0.491 e. The average molecular weight is 371 g/mol. The monoisotopic (exact) mass is 371 g/mol. The lowest BCUT2D eigenvalue weighted by Gasteiger charge is -2.29. The number of aliphatic hydroxyl groups excluding tert-OH is 1. The summed E-state index contributed by atoms with van der Waals surface area (Å²) < 4.78 is 7.96. The lowest BCUT2D eigenvalue weighted by Crippen LogP contribution is -2.34. The Morgan fingerprint density at radius 2 is 1.96 bits per heavy atom. The number of aliphatic hydroxyl groups is 1. The van der Waals surface area contributed by atoms with Crippen LogP contribution < -0.4 is 4.74 Å². The number of benzene rings is 1. The van der Waals surface area contributed by atoms with Crippen LogP contribution in [0.15, 0.2) is 24.3 Å². The molecular weight excluding hydrogens is 342 g/mol. The molecule has 4 rings (SSSR count). The molecule has 7 nitrogen and oxygen atoms in total. The summed E-state index contributed by atoms with van der Waals surface area (Å²) in [5.74, 6) is 2.93. The Morgan fingerprint density at radius 3 is 2.63 bits per heavy atom. The minimum atomic E-state index is -0.268. The van der Waals surface area contributed by atoms with Gasteiger partial charge >= 0.3 is 0 Å². The number of ether oxygens (including phenoxy) is 1. The van der Waals surface area contributed by atoms with E-state index in [1.807, 2.05) is 33.0 Å². The number of likely N-dealkylation sites (N-methyl/N-ethyl adjacent to an activating group) is 1. The molecule has 2 aromatic rings. The van der Waals surface area contributed by atoms with Gasteiger partial charge in [0.1, 0.15) is 11.6 Å². The second-order valence-electron chi connectivity index (χ2n) is 7.99. The molecule has 146 valence electrons. The fourth-order valence-electron chi connectivity index (χ4n) is 4.09. The highest BCUT2D eigenvalue weighted by atomic mass is 16.5. The van der Waals surface area contributed by atoms with E-state index in [2.05, 4.69) is 36.7 Å². The molecule has 1 N–H and O–H groups in total. The van der Waals surface area contributed by atoms with E-state index in [9.17, 15) is 5.11 Å². The van der Waals surface area contributed by atoms with Crippen LogP contribution in [0.1, 0.15) is 43.5 Å². The molecule has 27 heavy (non-hydrogen) atoms. The molecule has 0 aliphatic carbocycles. The number of nitrogens with zero attached hydrogens (tertiary/aromatic N) is 5. The topological polar surface area (TPSA) is 66.6 Å². The molecule has 0 unspecified atom stereocenters. The quantitative estimate of drug-likeness (QED) is 0.865. The Morgan fingerprint density at radius 1 is 1.19 bits per heavy atom. The third-order valence-electron chi connectivity index (χ3n) is 5.39. The van der Waals surface area contributed by atoms with Crippen LogP contribution in [0.4, 0.5) is 0 Å². The fourth-order valence-corrected chi connectivity index (χ4v) is 4.09. The molecule has 2 aliphatic rings. The number of hydrogen-bond acceptors (Lipinski definition) is 6. The Labute approximate surface area is 160 Å².